The van der Waals surface area contributed by atoms with Crippen LogP contribution in [0.5, 0.6) is 0 Å². The van der Waals surface area contributed by atoms with Crippen molar-refractivity contribution in [3.05, 3.63) is 50.1 Å². The number of carbonyl (C=O) groups is 3. The molecule has 1 aromatic rings. The summed E-state index contributed by atoms with van der Waals surface area (Å²) < 4.78 is 5.11. The van der Waals surface area contributed by atoms with Crippen LogP contribution in [0.4, 0.5) is 5.69 Å². The quantitative estimate of drug-likeness (QED) is 0.277. The Balaban J connectivity index is 2.71. The van der Waals surface area contributed by atoms with Gasteiger partial charge in [0.05, 0.1) is 17.4 Å². The maximum absolute atomic E-state index is 12.9. The van der Waals surface area contributed by atoms with Crippen LogP contribution in [-0.2, 0) is 19.1 Å². The van der Waals surface area contributed by atoms with Gasteiger partial charge in [-0.15, -0.1) is 0 Å². The van der Waals surface area contributed by atoms with E-state index < -0.39 is 44.9 Å². The fraction of sp³-hybridized carbons (Fsp3) is 0.526. The third-order valence-electron chi connectivity index (χ3n) is 5.46. The highest BCUT2D eigenvalue weighted by Gasteiger charge is 2.66. The van der Waals surface area contributed by atoms with Crippen LogP contribution in [0.15, 0.2) is 24.3 Å². The van der Waals surface area contributed by atoms with Crippen molar-refractivity contribution in [1.29, 1.82) is 0 Å². The lowest BCUT2D eigenvalue weighted by Gasteiger charge is -2.30. The highest BCUT2D eigenvalue weighted by molar-refractivity contribution is 6.04. The Morgan fingerprint density at radius 1 is 1.14 bits per heavy atom. The molecule has 0 aliphatic heterocycles. The second-order valence-corrected chi connectivity index (χ2v) is 7.22. The first-order chi connectivity index (χ1) is 13.6. The van der Waals surface area contributed by atoms with Gasteiger partial charge in [-0.1, -0.05) is 12.1 Å². The fourth-order valence-electron chi connectivity index (χ4n) is 4.34. The molecule has 1 aromatic carbocycles. The topological polar surface area (TPSA) is 147 Å². The molecule has 0 heterocycles. The molecule has 1 fully saturated rings. The van der Waals surface area contributed by atoms with E-state index in [0.717, 1.165) is 0 Å². The standard InChI is InChI=1S/C19H22N2O8/c1-4-29-18(24)19(12(3)23)10-14(9-11(2)22)17(21(27)28)16(19)13-5-7-15(8-6-13)20(25)26/h5-8,14,16-17H,4,9-10H2,1-3H3/t14-,16+,17-,19+/m1/s1. The third kappa shape index (κ3) is 4.01. The number of non-ortho nitro benzene ring substituents is 1. The van der Waals surface area contributed by atoms with Crippen molar-refractivity contribution >= 4 is 23.2 Å². The molecule has 4 atom stereocenters. The van der Waals surface area contributed by atoms with Gasteiger partial charge in [0.25, 0.3) is 5.69 Å². The summed E-state index contributed by atoms with van der Waals surface area (Å²) >= 11 is 0. The van der Waals surface area contributed by atoms with E-state index in [4.69, 9.17) is 4.74 Å². The Bertz CT molecular complexity index is 850. The minimum atomic E-state index is -1.84. The zero-order chi connectivity index (χ0) is 21.9. The SMILES string of the molecule is CCOC(=O)[C@]1(C(C)=O)C[C@@H](CC(C)=O)[C@@H]([N+](=O)[O-])[C@@H]1c1ccc([N+](=O)[O-])cc1. The Morgan fingerprint density at radius 2 is 1.72 bits per heavy atom. The molecule has 10 heteroatoms. The summed E-state index contributed by atoms with van der Waals surface area (Å²) in [5.41, 5.74) is -1.83. The number of hydrogen-bond donors (Lipinski definition) is 0. The first-order valence-corrected chi connectivity index (χ1v) is 9.11. The highest BCUT2D eigenvalue weighted by atomic mass is 16.6. The number of ketones is 2. The largest absolute Gasteiger partial charge is 0.465 e. The first-order valence-electron chi connectivity index (χ1n) is 9.11. The second-order valence-electron chi connectivity index (χ2n) is 7.22. The van der Waals surface area contributed by atoms with Crippen molar-refractivity contribution in [2.45, 2.75) is 45.6 Å². The van der Waals surface area contributed by atoms with Crippen LogP contribution in [0.2, 0.25) is 0 Å². The maximum Gasteiger partial charge on any atom is 0.320 e. The lowest BCUT2D eigenvalue weighted by atomic mass is 9.70. The predicted molar refractivity (Wildman–Crippen MR) is 99.8 cm³/mol. The van der Waals surface area contributed by atoms with Gasteiger partial charge in [0.2, 0.25) is 6.04 Å². The fourth-order valence-corrected chi connectivity index (χ4v) is 4.34. The van der Waals surface area contributed by atoms with Crippen LogP contribution in [0, 0.1) is 31.6 Å². The molecule has 0 N–H and O–H groups in total. The summed E-state index contributed by atoms with van der Waals surface area (Å²) in [4.78, 5) is 59.0. The minimum Gasteiger partial charge on any atom is -0.465 e. The molecule has 0 aromatic heterocycles. The van der Waals surface area contributed by atoms with Crippen molar-refractivity contribution in [3.63, 3.8) is 0 Å². The van der Waals surface area contributed by atoms with Crippen molar-refractivity contribution in [2.75, 3.05) is 6.61 Å². The Kier molecular flexibility index (Phi) is 6.45. The molecule has 0 unspecified atom stereocenters. The number of esters is 1. The van der Waals surface area contributed by atoms with E-state index in [1.807, 2.05) is 0 Å². The predicted octanol–water partition coefficient (Wildman–Crippen LogP) is 2.46. The van der Waals surface area contributed by atoms with E-state index in [1.54, 1.807) is 6.92 Å². The van der Waals surface area contributed by atoms with Gasteiger partial charge in [-0.05, 0) is 32.8 Å². The van der Waals surface area contributed by atoms with Gasteiger partial charge in [0.1, 0.15) is 17.0 Å². The van der Waals surface area contributed by atoms with Crippen LogP contribution >= 0.6 is 0 Å². The van der Waals surface area contributed by atoms with Crippen LogP contribution < -0.4 is 0 Å². The van der Waals surface area contributed by atoms with E-state index in [2.05, 4.69) is 0 Å². The number of benzene rings is 1. The summed E-state index contributed by atoms with van der Waals surface area (Å²) in [6.07, 6.45) is -0.363. The number of nitro groups is 2. The smallest absolute Gasteiger partial charge is 0.320 e. The molecule has 29 heavy (non-hydrogen) atoms. The lowest BCUT2D eigenvalue weighted by Crippen LogP contribution is -2.44. The van der Waals surface area contributed by atoms with E-state index in [1.165, 1.54) is 38.1 Å². The third-order valence-corrected chi connectivity index (χ3v) is 5.46. The number of carbonyl (C=O) groups excluding carboxylic acids is 3. The first kappa shape index (κ1) is 22.1. The van der Waals surface area contributed by atoms with Crippen LogP contribution in [0.1, 0.15) is 45.1 Å². The molecule has 0 spiro atoms. The number of ether oxygens (including phenoxy) is 1. The van der Waals surface area contributed by atoms with E-state index in [-0.39, 0.29) is 36.5 Å². The average molecular weight is 406 g/mol. The molecule has 0 bridgehead atoms. The molecular formula is C19H22N2O8. The molecule has 1 saturated carbocycles. The lowest BCUT2D eigenvalue weighted by molar-refractivity contribution is -0.532. The van der Waals surface area contributed by atoms with Crippen molar-refractivity contribution in [1.82, 2.24) is 0 Å². The number of nitro benzene ring substituents is 1. The number of nitrogens with zero attached hydrogens (tertiary/aromatic N) is 2. The van der Waals surface area contributed by atoms with E-state index in [9.17, 15) is 34.6 Å². The molecule has 10 nitrogen and oxygen atoms in total. The van der Waals surface area contributed by atoms with Crippen LogP contribution in [0.3, 0.4) is 0 Å². The average Bonchev–Trinajstić information content (AvgIpc) is 2.97. The van der Waals surface area contributed by atoms with Crippen molar-refractivity contribution in [3.8, 4) is 0 Å². The molecule has 2 rings (SSSR count). The number of hydrogen-bond acceptors (Lipinski definition) is 8. The summed E-state index contributed by atoms with van der Waals surface area (Å²) in [6, 6.07) is 3.56. The van der Waals surface area contributed by atoms with E-state index >= 15 is 0 Å². The Hall–Kier alpha value is -3.17. The molecule has 156 valence electrons. The van der Waals surface area contributed by atoms with Gasteiger partial charge in [-0.25, -0.2) is 0 Å². The Labute approximate surface area is 166 Å². The van der Waals surface area contributed by atoms with E-state index in [0.29, 0.717) is 0 Å². The summed E-state index contributed by atoms with van der Waals surface area (Å²) in [5.74, 6) is -3.84. The van der Waals surface area contributed by atoms with Gasteiger partial charge >= 0.3 is 5.97 Å². The van der Waals surface area contributed by atoms with Crippen molar-refractivity contribution < 1.29 is 29.0 Å². The number of rotatable bonds is 8. The van der Waals surface area contributed by atoms with Crippen LogP contribution in [0.25, 0.3) is 0 Å². The zero-order valence-corrected chi connectivity index (χ0v) is 16.3. The van der Waals surface area contributed by atoms with Gasteiger partial charge in [-0.3, -0.25) is 29.8 Å². The zero-order valence-electron chi connectivity index (χ0n) is 16.3. The monoisotopic (exact) mass is 406 g/mol. The van der Waals surface area contributed by atoms with Gasteiger partial charge in [0.15, 0.2) is 0 Å². The van der Waals surface area contributed by atoms with Gasteiger partial charge in [-0.2, -0.15) is 0 Å². The molecule has 0 radical (unpaired) electrons. The summed E-state index contributed by atoms with van der Waals surface area (Å²) in [6.45, 7) is 3.99. The summed E-state index contributed by atoms with van der Waals surface area (Å²) in [7, 11) is 0. The summed E-state index contributed by atoms with van der Waals surface area (Å²) in [5, 5.41) is 22.9. The van der Waals surface area contributed by atoms with Crippen LogP contribution in [-0.4, -0.2) is 40.0 Å². The molecule has 1 aliphatic rings. The molecule has 1 aliphatic carbocycles. The van der Waals surface area contributed by atoms with Gasteiger partial charge in [0, 0.05) is 29.4 Å². The molecule has 0 saturated heterocycles. The molecule has 0 amide bonds. The number of Topliss-reactive ketones (excluding diaryl/α,β-unsaturated/α-hetero) is 2. The normalized spacial score (nSPS) is 26.0. The Morgan fingerprint density at radius 3 is 2.14 bits per heavy atom. The highest BCUT2D eigenvalue weighted by Crippen LogP contribution is 2.55. The minimum absolute atomic E-state index is 0.0264. The maximum atomic E-state index is 12.9. The van der Waals surface area contributed by atoms with Gasteiger partial charge < -0.3 is 9.53 Å². The van der Waals surface area contributed by atoms with Crippen molar-refractivity contribution in [2.24, 2.45) is 11.3 Å². The second kappa shape index (κ2) is 8.46. The molecular weight excluding hydrogens is 384 g/mol.